The average molecular weight is 371 g/mol. The van der Waals surface area contributed by atoms with Crippen molar-refractivity contribution >= 4 is 11.9 Å². The molecule has 2 atom stereocenters. The van der Waals surface area contributed by atoms with Gasteiger partial charge in [-0.2, -0.15) is 0 Å². The Morgan fingerprint density at radius 1 is 0.857 bits per heavy atom. The molecule has 0 saturated heterocycles. The molecule has 3 aromatic carbocycles. The van der Waals surface area contributed by atoms with E-state index in [0.29, 0.717) is 24.1 Å². The molecule has 1 heterocycles. The monoisotopic (exact) mass is 371 g/mol. The van der Waals surface area contributed by atoms with Crippen LogP contribution >= 0.6 is 0 Å². The Morgan fingerprint density at radius 2 is 1.46 bits per heavy atom. The largest absolute Gasteiger partial charge is 0.481 e. The molecule has 1 aliphatic rings. The second kappa shape index (κ2) is 7.69. The molecule has 28 heavy (non-hydrogen) atoms. The number of rotatable bonds is 5. The van der Waals surface area contributed by atoms with Gasteiger partial charge in [0.25, 0.3) is 5.91 Å². The minimum absolute atomic E-state index is 0.113. The summed E-state index contributed by atoms with van der Waals surface area (Å²) >= 11 is 0. The maximum atomic E-state index is 13.3. The van der Waals surface area contributed by atoms with Gasteiger partial charge in [0.2, 0.25) is 0 Å². The smallest absolute Gasteiger partial charge is 0.313 e. The lowest BCUT2D eigenvalue weighted by molar-refractivity contribution is -0.140. The van der Waals surface area contributed by atoms with Crippen molar-refractivity contribution < 1.29 is 14.7 Å². The number of benzene rings is 3. The summed E-state index contributed by atoms with van der Waals surface area (Å²) in [6.07, 6.45) is 0.671. The first-order chi connectivity index (χ1) is 13.7. The van der Waals surface area contributed by atoms with Gasteiger partial charge in [-0.05, 0) is 29.2 Å². The number of nitrogens with zero attached hydrogens (tertiary/aromatic N) is 1. The molecule has 0 spiro atoms. The Bertz CT molecular complexity index is 985. The van der Waals surface area contributed by atoms with E-state index in [2.05, 4.69) is 0 Å². The Kier molecular flexibility index (Phi) is 4.94. The predicted molar refractivity (Wildman–Crippen MR) is 107 cm³/mol. The SMILES string of the molecule is O=C(O)C1c2ccccc2C(=O)N(CCc2ccccc2)C1c1ccccc1. The number of carbonyl (C=O) groups excluding carboxylic acids is 1. The number of hydrogen-bond donors (Lipinski definition) is 1. The number of carboxylic acids is 1. The van der Waals surface area contributed by atoms with Crippen molar-refractivity contribution in [3.8, 4) is 0 Å². The maximum Gasteiger partial charge on any atom is 0.313 e. The van der Waals surface area contributed by atoms with Crippen molar-refractivity contribution in [1.29, 1.82) is 0 Å². The molecule has 0 aliphatic carbocycles. The first-order valence-corrected chi connectivity index (χ1v) is 9.38. The van der Waals surface area contributed by atoms with Gasteiger partial charge in [0, 0.05) is 12.1 Å². The lowest BCUT2D eigenvalue weighted by atomic mass is 9.79. The van der Waals surface area contributed by atoms with Gasteiger partial charge in [-0.3, -0.25) is 9.59 Å². The molecule has 1 amide bonds. The first kappa shape index (κ1) is 18.0. The van der Waals surface area contributed by atoms with E-state index in [-0.39, 0.29) is 5.91 Å². The summed E-state index contributed by atoms with van der Waals surface area (Å²) < 4.78 is 0. The standard InChI is InChI=1S/C24H21NO3/c26-23-20-14-8-7-13-19(20)21(24(27)28)22(18-11-5-2-6-12-18)25(23)16-15-17-9-3-1-4-10-17/h1-14,21-22H,15-16H2,(H,27,28). The van der Waals surface area contributed by atoms with Crippen LogP contribution in [0, 0.1) is 0 Å². The zero-order chi connectivity index (χ0) is 19.5. The lowest BCUT2D eigenvalue weighted by Gasteiger charge is -2.41. The molecule has 1 aliphatic heterocycles. The van der Waals surface area contributed by atoms with Crippen LogP contribution in [0.1, 0.15) is 39.0 Å². The predicted octanol–water partition coefficient (Wildman–Crippen LogP) is 4.29. The fourth-order valence-electron chi connectivity index (χ4n) is 4.02. The van der Waals surface area contributed by atoms with Crippen molar-refractivity contribution in [2.45, 2.75) is 18.4 Å². The molecular weight excluding hydrogens is 350 g/mol. The molecule has 0 fully saturated rings. The second-order valence-corrected chi connectivity index (χ2v) is 6.99. The Balaban J connectivity index is 1.79. The van der Waals surface area contributed by atoms with Gasteiger partial charge in [0.1, 0.15) is 5.92 Å². The minimum atomic E-state index is -0.918. The van der Waals surface area contributed by atoms with E-state index in [4.69, 9.17) is 0 Å². The van der Waals surface area contributed by atoms with Crippen molar-refractivity contribution in [1.82, 2.24) is 4.90 Å². The van der Waals surface area contributed by atoms with Gasteiger partial charge < -0.3 is 10.0 Å². The second-order valence-electron chi connectivity index (χ2n) is 6.99. The van der Waals surface area contributed by atoms with Gasteiger partial charge >= 0.3 is 5.97 Å². The molecule has 4 rings (SSSR count). The first-order valence-electron chi connectivity index (χ1n) is 9.38. The highest BCUT2D eigenvalue weighted by molar-refractivity contribution is 6.00. The number of fused-ring (bicyclic) bond motifs is 1. The van der Waals surface area contributed by atoms with E-state index in [9.17, 15) is 14.7 Å². The number of carbonyl (C=O) groups is 2. The third-order valence-electron chi connectivity index (χ3n) is 5.33. The van der Waals surface area contributed by atoms with Crippen LogP contribution in [0.4, 0.5) is 0 Å². The van der Waals surface area contributed by atoms with Crippen LogP contribution in [-0.4, -0.2) is 28.4 Å². The highest BCUT2D eigenvalue weighted by atomic mass is 16.4. The van der Waals surface area contributed by atoms with Gasteiger partial charge in [-0.15, -0.1) is 0 Å². The summed E-state index contributed by atoms with van der Waals surface area (Å²) in [5.41, 5.74) is 3.03. The van der Waals surface area contributed by atoms with Gasteiger partial charge in [0.15, 0.2) is 0 Å². The van der Waals surface area contributed by atoms with Gasteiger partial charge in [0.05, 0.1) is 6.04 Å². The zero-order valence-electron chi connectivity index (χ0n) is 15.4. The van der Waals surface area contributed by atoms with Crippen molar-refractivity contribution in [2.24, 2.45) is 0 Å². The molecule has 3 aromatic rings. The summed E-state index contributed by atoms with van der Waals surface area (Å²) in [7, 11) is 0. The Hall–Kier alpha value is -3.40. The summed E-state index contributed by atoms with van der Waals surface area (Å²) in [6, 6.07) is 25.9. The van der Waals surface area contributed by atoms with Crippen molar-refractivity contribution in [3.63, 3.8) is 0 Å². The van der Waals surface area contributed by atoms with E-state index < -0.39 is 17.9 Å². The molecule has 0 radical (unpaired) electrons. The average Bonchev–Trinajstić information content (AvgIpc) is 2.74. The number of amides is 1. The number of hydrogen-bond acceptors (Lipinski definition) is 2. The highest BCUT2D eigenvalue weighted by Gasteiger charge is 2.43. The van der Waals surface area contributed by atoms with Crippen molar-refractivity contribution in [3.05, 3.63) is 107 Å². The van der Waals surface area contributed by atoms with E-state index in [1.807, 2.05) is 60.7 Å². The molecule has 0 saturated carbocycles. The number of aliphatic carboxylic acids is 1. The van der Waals surface area contributed by atoms with Crippen LogP contribution < -0.4 is 0 Å². The van der Waals surface area contributed by atoms with E-state index in [1.165, 1.54) is 0 Å². The van der Waals surface area contributed by atoms with E-state index in [1.54, 1.807) is 29.2 Å². The van der Waals surface area contributed by atoms with Crippen LogP contribution in [0.15, 0.2) is 84.9 Å². The van der Waals surface area contributed by atoms with Gasteiger partial charge in [-0.25, -0.2) is 0 Å². The summed E-state index contributed by atoms with van der Waals surface area (Å²) in [5.74, 6) is -1.83. The fourth-order valence-corrected chi connectivity index (χ4v) is 4.02. The maximum absolute atomic E-state index is 13.3. The highest BCUT2D eigenvalue weighted by Crippen LogP contribution is 2.42. The summed E-state index contributed by atoms with van der Waals surface area (Å²) in [5, 5.41) is 10.1. The van der Waals surface area contributed by atoms with E-state index in [0.717, 1.165) is 11.1 Å². The van der Waals surface area contributed by atoms with Crippen LogP contribution in [0.3, 0.4) is 0 Å². The van der Waals surface area contributed by atoms with Crippen LogP contribution in [0.25, 0.3) is 0 Å². The zero-order valence-corrected chi connectivity index (χ0v) is 15.4. The molecule has 4 heteroatoms. The Labute approximate surface area is 164 Å². The summed E-state index contributed by atoms with van der Waals surface area (Å²) in [4.78, 5) is 27.3. The van der Waals surface area contributed by atoms with E-state index >= 15 is 0 Å². The molecule has 140 valence electrons. The number of carboxylic acid groups (broad SMARTS) is 1. The fraction of sp³-hybridized carbons (Fsp3) is 0.167. The molecular formula is C24H21NO3. The third kappa shape index (κ3) is 3.29. The third-order valence-corrected chi connectivity index (χ3v) is 5.33. The quantitative estimate of drug-likeness (QED) is 0.728. The van der Waals surface area contributed by atoms with Gasteiger partial charge in [-0.1, -0.05) is 78.9 Å². The minimum Gasteiger partial charge on any atom is -0.481 e. The molecule has 0 bridgehead atoms. The van der Waals surface area contributed by atoms with Crippen molar-refractivity contribution in [2.75, 3.05) is 6.54 Å². The molecule has 1 N–H and O–H groups in total. The van der Waals surface area contributed by atoms with Crippen LogP contribution in [-0.2, 0) is 11.2 Å². The molecule has 4 nitrogen and oxygen atoms in total. The lowest BCUT2D eigenvalue weighted by Crippen LogP contribution is -2.45. The Morgan fingerprint density at radius 3 is 2.14 bits per heavy atom. The van der Waals surface area contributed by atoms with Crippen LogP contribution in [0.5, 0.6) is 0 Å². The topological polar surface area (TPSA) is 57.6 Å². The van der Waals surface area contributed by atoms with Crippen LogP contribution in [0.2, 0.25) is 0 Å². The normalized spacial score (nSPS) is 18.6. The molecule has 0 aromatic heterocycles. The summed E-state index contributed by atoms with van der Waals surface area (Å²) in [6.45, 7) is 0.459. The molecule has 2 unspecified atom stereocenters.